The molecule has 1 aromatic carbocycles. The highest BCUT2D eigenvalue weighted by molar-refractivity contribution is 9.10. The van der Waals surface area contributed by atoms with Crippen molar-refractivity contribution in [3.05, 3.63) is 50.2 Å². The smallest absolute Gasteiger partial charge is 0.133 e. The van der Waals surface area contributed by atoms with Crippen molar-refractivity contribution in [3.63, 3.8) is 0 Å². The summed E-state index contributed by atoms with van der Waals surface area (Å²) in [6.45, 7) is 1.91. The molecule has 0 bridgehead atoms. The molecule has 0 aliphatic rings. The maximum atomic E-state index is 13.9. The average molecular weight is 380 g/mol. The molecule has 2 rings (SSSR count). The van der Waals surface area contributed by atoms with Crippen LogP contribution in [0.1, 0.15) is 30.0 Å². The Labute approximate surface area is 134 Å². The monoisotopic (exact) mass is 378 g/mol. The minimum atomic E-state index is -1.34. The zero-order valence-electron chi connectivity index (χ0n) is 11.5. The molecule has 1 heterocycles. The fourth-order valence-corrected chi connectivity index (χ4v) is 2.97. The van der Waals surface area contributed by atoms with Crippen molar-refractivity contribution in [2.24, 2.45) is 7.05 Å². The summed E-state index contributed by atoms with van der Waals surface area (Å²) in [6.07, 6.45) is -0.711. The largest absolute Gasteiger partial charge is 0.388 e. The van der Waals surface area contributed by atoms with Gasteiger partial charge in [-0.2, -0.15) is 5.10 Å². The average Bonchev–Trinajstić information content (AvgIpc) is 2.65. The van der Waals surface area contributed by atoms with Gasteiger partial charge in [0.15, 0.2) is 0 Å². The Morgan fingerprint density at radius 3 is 2.43 bits per heavy atom. The van der Waals surface area contributed by atoms with Gasteiger partial charge < -0.3 is 5.11 Å². The van der Waals surface area contributed by atoms with Gasteiger partial charge in [-0.1, -0.05) is 34.5 Å². The first-order valence-corrected chi connectivity index (χ1v) is 7.55. The van der Waals surface area contributed by atoms with Crippen LogP contribution in [-0.4, -0.2) is 14.9 Å². The third-order valence-corrected chi connectivity index (χ3v) is 4.16. The van der Waals surface area contributed by atoms with E-state index in [1.807, 2.05) is 6.92 Å². The molecule has 1 aromatic heterocycles. The molecule has 21 heavy (non-hydrogen) atoms. The SMILES string of the molecule is CCc1nn(C)c(CC(O)c2c(F)cc(Br)cc2F)c1Cl. The molecule has 1 unspecified atom stereocenters. The van der Waals surface area contributed by atoms with E-state index < -0.39 is 17.7 Å². The number of aliphatic hydroxyl groups is 1. The fraction of sp³-hybridized carbons (Fsp3) is 0.357. The van der Waals surface area contributed by atoms with Crippen LogP contribution in [0.5, 0.6) is 0 Å². The molecule has 7 heteroatoms. The molecular weight excluding hydrogens is 366 g/mol. The molecular formula is C14H14BrClF2N2O. The van der Waals surface area contributed by atoms with E-state index in [-0.39, 0.29) is 16.5 Å². The number of hydrogen-bond acceptors (Lipinski definition) is 2. The Morgan fingerprint density at radius 2 is 1.95 bits per heavy atom. The molecule has 3 nitrogen and oxygen atoms in total. The van der Waals surface area contributed by atoms with Crippen LogP contribution >= 0.6 is 27.5 Å². The first kappa shape index (κ1) is 16.4. The van der Waals surface area contributed by atoms with Crippen LogP contribution in [0.25, 0.3) is 0 Å². The predicted molar refractivity (Wildman–Crippen MR) is 80.3 cm³/mol. The van der Waals surface area contributed by atoms with Gasteiger partial charge in [-0.15, -0.1) is 0 Å². The Morgan fingerprint density at radius 1 is 1.38 bits per heavy atom. The van der Waals surface area contributed by atoms with Gasteiger partial charge in [0.2, 0.25) is 0 Å². The van der Waals surface area contributed by atoms with Gasteiger partial charge in [0.05, 0.1) is 28.1 Å². The normalized spacial score (nSPS) is 12.7. The topological polar surface area (TPSA) is 38.0 Å². The standard InChI is InChI=1S/C14H14BrClF2N2O/c1-3-10-14(16)11(20(2)19-10)6-12(21)13-8(17)4-7(15)5-9(13)18/h4-5,12,21H,3,6H2,1-2H3. The van der Waals surface area contributed by atoms with E-state index in [0.717, 1.165) is 12.1 Å². The molecule has 0 aliphatic heterocycles. The Kier molecular flexibility index (Phi) is 5.01. The summed E-state index contributed by atoms with van der Waals surface area (Å²) in [7, 11) is 1.68. The van der Waals surface area contributed by atoms with Crippen molar-refractivity contribution in [3.8, 4) is 0 Å². The Balaban J connectivity index is 2.35. The first-order valence-electron chi connectivity index (χ1n) is 6.37. The summed E-state index contributed by atoms with van der Waals surface area (Å²) < 4.78 is 29.5. The first-order chi connectivity index (χ1) is 9.85. The summed E-state index contributed by atoms with van der Waals surface area (Å²) >= 11 is 9.18. The van der Waals surface area contributed by atoms with Crippen molar-refractivity contribution in [1.29, 1.82) is 0 Å². The number of aryl methyl sites for hydroxylation is 2. The van der Waals surface area contributed by atoms with Gasteiger partial charge in [0.1, 0.15) is 11.6 Å². The highest BCUT2D eigenvalue weighted by Crippen LogP contribution is 2.30. The number of halogens is 4. The zero-order valence-corrected chi connectivity index (χ0v) is 13.8. The van der Waals surface area contributed by atoms with Gasteiger partial charge in [-0.05, 0) is 18.6 Å². The highest BCUT2D eigenvalue weighted by atomic mass is 79.9. The number of benzene rings is 1. The maximum absolute atomic E-state index is 13.9. The summed E-state index contributed by atoms with van der Waals surface area (Å²) in [5.41, 5.74) is 0.870. The third-order valence-electron chi connectivity index (χ3n) is 3.27. The minimum Gasteiger partial charge on any atom is -0.388 e. The second kappa shape index (κ2) is 6.42. The van der Waals surface area contributed by atoms with E-state index in [9.17, 15) is 13.9 Å². The summed E-state index contributed by atoms with van der Waals surface area (Å²) in [5.74, 6) is -1.60. The molecule has 1 atom stereocenters. The summed E-state index contributed by atoms with van der Waals surface area (Å²) in [5, 5.41) is 14.8. The zero-order chi connectivity index (χ0) is 15.7. The summed E-state index contributed by atoms with van der Waals surface area (Å²) in [6, 6.07) is 2.23. The third kappa shape index (κ3) is 3.27. The molecule has 114 valence electrons. The van der Waals surface area contributed by atoms with Crippen molar-refractivity contribution < 1.29 is 13.9 Å². The molecule has 0 radical (unpaired) electrons. The van der Waals surface area contributed by atoms with E-state index in [1.165, 1.54) is 4.68 Å². The lowest BCUT2D eigenvalue weighted by atomic mass is 10.0. The van der Waals surface area contributed by atoms with Gasteiger partial charge in [0.25, 0.3) is 0 Å². The number of hydrogen-bond donors (Lipinski definition) is 1. The van der Waals surface area contributed by atoms with Crippen molar-refractivity contribution in [2.45, 2.75) is 25.9 Å². The number of aromatic nitrogens is 2. The van der Waals surface area contributed by atoms with Crippen LogP contribution in [-0.2, 0) is 19.9 Å². The highest BCUT2D eigenvalue weighted by Gasteiger charge is 2.23. The Bertz CT molecular complexity index is 652. The fourth-order valence-electron chi connectivity index (χ4n) is 2.20. The van der Waals surface area contributed by atoms with E-state index in [4.69, 9.17) is 11.6 Å². The van der Waals surface area contributed by atoms with Crippen molar-refractivity contribution in [1.82, 2.24) is 9.78 Å². The van der Waals surface area contributed by atoms with Crippen LogP contribution in [0, 0.1) is 11.6 Å². The number of rotatable bonds is 4. The second-order valence-electron chi connectivity index (χ2n) is 4.69. The van der Waals surface area contributed by atoms with Gasteiger partial charge in [-0.25, -0.2) is 8.78 Å². The minimum absolute atomic E-state index is 0.0161. The van der Waals surface area contributed by atoms with Crippen LogP contribution in [0.3, 0.4) is 0 Å². The van der Waals surface area contributed by atoms with Crippen molar-refractivity contribution >= 4 is 27.5 Å². The number of aliphatic hydroxyl groups excluding tert-OH is 1. The van der Waals surface area contributed by atoms with Crippen molar-refractivity contribution in [2.75, 3.05) is 0 Å². The maximum Gasteiger partial charge on any atom is 0.133 e. The predicted octanol–water partition coefficient (Wildman–Crippen LogP) is 3.95. The van der Waals surface area contributed by atoms with E-state index in [0.29, 0.717) is 22.8 Å². The van der Waals surface area contributed by atoms with Crippen LogP contribution in [0.2, 0.25) is 5.02 Å². The quantitative estimate of drug-likeness (QED) is 0.873. The molecule has 1 N–H and O–H groups in total. The van der Waals surface area contributed by atoms with E-state index in [2.05, 4.69) is 21.0 Å². The molecule has 0 aliphatic carbocycles. The summed E-state index contributed by atoms with van der Waals surface area (Å²) in [4.78, 5) is 0. The van der Waals surface area contributed by atoms with E-state index >= 15 is 0 Å². The lowest BCUT2D eigenvalue weighted by Crippen LogP contribution is -2.10. The molecule has 2 aromatic rings. The molecule has 0 spiro atoms. The lowest BCUT2D eigenvalue weighted by Gasteiger charge is -2.14. The Hall–Kier alpha value is -0.980. The van der Waals surface area contributed by atoms with Gasteiger partial charge >= 0.3 is 0 Å². The van der Waals surface area contributed by atoms with Gasteiger partial charge in [0, 0.05) is 17.9 Å². The van der Waals surface area contributed by atoms with E-state index in [1.54, 1.807) is 7.05 Å². The lowest BCUT2D eigenvalue weighted by molar-refractivity contribution is 0.166. The molecule has 0 saturated heterocycles. The van der Waals surface area contributed by atoms with Crippen LogP contribution in [0.4, 0.5) is 8.78 Å². The number of nitrogens with zero attached hydrogens (tertiary/aromatic N) is 2. The molecule has 0 fully saturated rings. The molecule has 0 amide bonds. The van der Waals surface area contributed by atoms with Crippen LogP contribution in [0.15, 0.2) is 16.6 Å². The van der Waals surface area contributed by atoms with Gasteiger partial charge in [-0.3, -0.25) is 4.68 Å². The second-order valence-corrected chi connectivity index (χ2v) is 5.98. The van der Waals surface area contributed by atoms with Crippen LogP contribution < -0.4 is 0 Å². The molecule has 0 saturated carbocycles.